The van der Waals surface area contributed by atoms with E-state index in [0.717, 1.165) is 35.4 Å². The summed E-state index contributed by atoms with van der Waals surface area (Å²) in [7, 11) is -4.76. The van der Waals surface area contributed by atoms with Gasteiger partial charge in [-0.1, -0.05) is 12.1 Å². The van der Waals surface area contributed by atoms with E-state index in [1.54, 1.807) is 0 Å². The Hall–Kier alpha value is -3.34. The van der Waals surface area contributed by atoms with Crippen molar-refractivity contribution in [3.05, 3.63) is 53.7 Å². The third-order valence-corrected chi connectivity index (χ3v) is 8.38. The van der Waals surface area contributed by atoms with E-state index in [2.05, 4.69) is 10.3 Å². The number of nitrogens with zero attached hydrogens (tertiary/aromatic N) is 3. The zero-order chi connectivity index (χ0) is 26.5. The quantitative estimate of drug-likeness (QED) is 0.589. The van der Waals surface area contributed by atoms with Gasteiger partial charge in [-0.15, -0.1) is 0 Å². The van der Waals surface area contributed by atoms with Crippen molar-refractivity contribution in [3.63, 3.8) is 0 Å². The third kappa shape index (κ3) is 4.71. The van der Waals surface area contributed by atoms with Crippen LogP contribution in [-0.4, -0.2) is 42.7 Å². The zero-order valence-electron chi connectivity index (χ0n) is 18.3. The molecule has 36 heavy (non-hydrogen) atoms. The van der Waals surface area contributed by atoms with Gasteiger partial charge in [0.25, 0.3) is 0 Å². The molecule has 0 bridgehead atoms. The van der Waals surface area contributed by atoms with Gasteiger partial charge in [0.15, 0.2) is 9.84 Å². The summed E-state index contributed by atoms with van der Waals surface area (Å²) >= 11 is 0. The van der Waals surface area contributed by atoms with E-state index >= 15 is 0 Å². The Bertz CT molecular complexity index is 1330. The second-order valence-corrected chi connectivity index (χ2v) is 10.8. The molecular formula is C22H18F6N4O3S. The molecule has 1 aromatic heterocycles. The Morgan fingerprint density at radius 1 is 1.06 bits per heavy atom. The molecule has 0 unspecified atom stereocenters. The summed E-state index contributed by atoms with van der Waals surface area (Å²) in [6.45, 7) is -0.716. The summed E-state index contributed by atoms with van der Waals surface area (Å²) in [5.41, 5.74) is -3.86. The molecule has 2 heterocycles. The number of amides is 1. The van der Waals surface area contributed by atoms with E-state index in [1.807, 2.05) is 6.07 Å². The van der Waals surface area contributed by atoms with Crippen molar-refractivity contribution in [3.8, 4) is 6.07 Å². The standard InChI is InChI=1S/C22H18F6N4O3S/c23-21(24,25)14-4-1-2-6-17(14)36(34,35)13-10-16(19(33)31-20(12-29)7-8-20)32(11-13)18-15(22(26,27)28)5-3-9-30-18/h1-6,9,13,16H,7-8,10-11H2,(H,31,33)/t13-,16-/m1/s1. The van der Waals surface area contributed by atoms with Crippen molar-refractivity contribution in [1.29, 1.82) is 5.26 Å². The predicted molar refractivity (Wildman–Crippen MR) is 113 cm³/mol. The number of hydrogen-bond acceptors (Lipinski definition) is 6. The van der Waals surface area contributed by atoms with Crippen LogP contribution in [0.15, 0.2) is 47.5 Å². The summed E-state index contributed by atoms with van der Waals surface area (Å²) in [5.74, 6) is -1.64. The average Bonchev–Trinajstić information content (AvgIpc) is 3.43. The maximum absolute atomic E-state index is 13.7. The van der Waals surface area contributed by atoms with E-state index < -0.39 is 79.7 Å². The second-order valence-electron chi connectivity index (χ2n) is 8.62. The highest BCUT2D eigenvalue weighted by Crippen LogP contribution is 2.42. The van der Waals surface area contributed by atoms with Gasteiger partial charge in [-0.25, -0.2) is 13.4 Å². The fourth-order valence-corrected chi connectivity index (χ4v) is 6.10. The van der Waals surface area contributed by atoms with E-state index in [9.17, 15) is 44.8 Å². The Kier molecular flexibility index (Phi) is 6.19. The van der Waals surface area contributed by atoms with Gasteiger partial charge in [0.2, 0.25) is 5.91 Å². The summed E-state index contributed by atoms with van der Waals surface area (Å²) in [4.78, 5) is 16.6. The first-order chi connectivity index (χ1) is 16.7. The van der Waals surface area contributed by atoms with Crippen molar-refractivity contribution in [2.75, 3.05) is 11.4 Å². The van der Waals surface area contributed by atoms with Crippen LogP contribution in [0.1, 0.15) is 30.4 Å². The number of nitriles is 1. The second kappa shape index (κ2) is 8.65. The maximum Gasteiger partial charge on any atom is 0.419 e. The lowest BCUT2D eigenvalue weighted by molar-refractivity contribution is -0.140. The largest absolute Gasteiger partial charge is 0.419 e. The minimum absolute atomic E-state index is 0.306. The molecule has 1 saturated carbocycles. The molecule has 0 radical (unpaired) electrons. The molecule has 1 amide bonds. The highest BCUT2D eigenvalue weighted by molar-refractivity contribution is 7.92. The maximum atomic E-state index is 13.7. The predicted octanol–water partition coefficient (Wildman–Crippen LogP) is 3.71. The average molecular weight is 532 g/mol. The highest BCUT2D eigenvalue weighted by atomic mass is 32.2. The van der Waals surface area contributed by atoms with E-state index in [4.69, 9.17) is 0 Å². The number of halogens is 6. The summed E-state index contributed by atoms with van der Waals surface area (Å²) in [5, 5.41) is 10.1. The van der Waals surface area contributed by atoms with Crippen LogP contribution in [0, 0.1) is 11.3 Å². The molecule has 1 saturated heterocycles. The summed E-state index contributed by atoms with van der Waals surface area (Å²) < 4.78 is 108. The third-order valence-electron chi connectivity index (χ3n) is 6.19. The Morgan fingerprint density at radius 2 is 1.67 bits per heavy atom. The number of carbonyl (C=O) groups excluding carboxylic acids is 1. The molecule has 2 atom stereocenters. The monoisotopic (exact) mass is 532 g/mol. The number of carbonyl (C=O) groups is 1. The molecule has 192 valence electrons. The van der Waals surface area contributed by atoms with Gasteiger partial charge in [-0.3, -0.25) is 4.79 Å². The minimum Gasteiger partial charge on any atom is -0.343 e. The van der Waals surface area contributed by atoms with E-state index in [-0.39, 0.29) is 0 Å². The lowest BCUT2D eigenvalue weighted by Gasteiger charge is -2.28. The molecule has 1 aromatic carbocycles. The van der Waals surface area contributed by atoms with Crippen LogP contribution in [0.5, 0.6) is 0 Å². The zero-order valence-corrected chi connectivity index (χ0v) is 19.1. The van der Waals surface area contributed by atoms with Crippen LogP contribution >= 0.6 is 0 Å². The minimum atomic E-state index is -5.01. The van der Waals surface area contributed by atoms with Crippen molar-refractivity contribution in [1.82, 2.24) is 10.3 Å². The SMILES string of the molecule is N#CC1(NC(=O)[C@H]2C[C@@H](S(=O)(=O)c3ccccc3C(F)(F)F)CN2c2ncccc2C(F)(F)F)CC1. The van der Waals surface area contributed by atoms with Crippen LogP contribution in [0.4, 0.5) is 32.2 Å². The topological polar surface area (TPSA) is 103 Å². The van der Waals surface area contributed by atoms with Crippen LogP contribution in [0.25, 0.3) is 0 Å². The summed E-state index contributed by atoms with van der Waals surface area (Å²) in [6, 6.07) is 5.57. The van der Waals surface area contributed by atoms with E-state index in [0.29, 0.717) is 25.0 Å². The molecule has 2 aliphatic rings. The van der Waals surface area contributed by atoms with Gasteiger partial charge in [-0.2, -0.15) is 31.6 Å². The number of hydrogen-bond donors (Lipinski definition) is 1. The van der Waals surface area contributed by atoms with E-state index in [1.165, 1.54) is 0 Å². The first-order valence-corrected chi connectivity index (χ1v) is 12.2. The number of anilines is 1. The van der Waals surface area contributed by atoms with Gasteiger partial charge in [0.1, 0.15) is 17.4 Å². The van der Waals surface area contributed by atoms with Gasteiger partial charge in [0, 0.05) is 12.7 Å². The van der Waals surface area contributed by atoms with Gasteiger partial charge >= 0.3 is 12.4 Å². The molecule has 2 aromatic rings. The summed E-state index contributed by atoms with van der Waals surface area (Å²) in [6.07, 6.45) is -8.88. The van der Waals surface area contributed by atoms with Crippen LogP contribution in [0.3, 0.4) is 0 Å². The molecule has 7 nitrogen and oxygen atoms in total. The van der Waals surface area contributed by atoms with Gasteiger partial charge in [-0.05, 0) is 43.5 Å². The van der Waals surface area contributed by atoms with Crippen LogP contribution < -0.4 is 10.2 Å². The van der Waals surface area contributed by atoms with Crippen molar-refractivity contribution in [2.24, 2.45) is 0 Å². The Balaban J connectivity index is 1.77. The highest BCUT2D eigenvalue weighted by Gasteiger charge is 2.51. The Morgan fingerprint density at radius 3 is 2.25 bits per heavy atom. The number of benzene rings is 1. The fraction of sp³-hybridized carbons (Fsp3) is 0.409. The molecule has 1 aliphatic heterocycles. The number of rotatable bonds is 5. The molecular weight excluding hydrogens is 514 g/mol. The lowest BCUT2D eigenvalue weighted by atomic mass is 10.1. The molecule has 0 spiro atoms. The number of alkyl halides is 6. The van der Waals surface area contributed by atoms with Crippen molar-refractivity contribution < 1.29 is 39.6 Å². The molecule has 4 rings (SSSR count). The molecule has 1 aliphatic carbocycles. The molecule has 2 fully saturated rings. The van der Waals surface area contributed by atoms with Gasteiger partial charge in [0.05, 0.1) is 27.3 Å². The number of nitrogens with one attached hydrogen (secondary N) is 1. The first kappa shape index (κ1) is 25.7. The number of pyridine rings is 1. The normalized spacial score (nSPS) is 21.6. The fourth-order valence-electron chi connectivity index (χ4n) is 4.19. The molecule has 1 N–H and O–H groups in total. The van der Waals surface area contributed by atoms with Crippen molar-refractivity contribution in [2.45, 2.75) is 53.3 Å². The van der Waals surface area contributed by atoms with Crippen molar-refractivity contribution >= 4 is 21.6 Å². The lowest BCUT2D eigenvalue weighted by Crippen LogP contribution is -2.48. The van der Waals surface area contributed by atoms with Crippen LogP contribution in [-0.2, 0) is 27.0 Å². The number of sulfone groups is 1. The molecule has 14 heteroatoms. The van der Waals surface area contributed by atoms with Crippen LogP contribution in [0.2, 0.25) is 0 Å². The smallest absolute Gasteiger partial charge is 0.343 e. The Labute approximate surface area is 201 Å². The first-order valence-electron chi connectivity index (χ1n) is 10.6. The van der Waals surface area contributed by atoms with Gasteiger partial charge < -0.3 is 10.2 Å². The number of aromatic nitrogens is 1.